The number of ketones is 1. The lowest BCUT2D eigenvalue weighted by Crippen LogP contribution is -2.02. The Balaban J connectivity index is 1.59. The fraction of sp³-hybridized carbons (Fsp3) is 0.160. The zero-order chi connectivity index (χ0) is 23.5. The molecular weight excluding hydrogens is 434 g/mol. The Morgan fingerprint density at radius 3 is 2.30 bits per heavy atom. The van der Waals surface area contributed by atoms with E-state index in [2.05, 4.69) is 0 Å². The van der Waals surface area contributed by atoms with Crippen molar-refractivity contribution < 1.29 is 37.3 Å². The molecule has 0 aromatic heterocycles. The fourth-order valence-corrected chi connectivity index (χ4v) is 3.46. The molecule has 0 fully saturated rings. The Kier molecular flexibility index (Phi) is 6.17. The first-order valence-electron chi connectivity index (χ1n) is 9.89. The van der Waals surface area contributed by atoms with Crippen molar-refractivity contribution in [3.8, 4) is 28.7 Å². The van der Waals surface area contributed by atoms with Gasteiger partial charge in [-0.3, -0.25) is 4.79 Å². The van der Waals surface area contributed by atoms with Crippen LogP contribution >= 0.6 is 0 Å². The summed E-state index contributed by atoms with van der Waals surface area (Å²) < 4.78 is 55.0. The van der Waals surface area contributed by atoms with Gasteiger partial charge in [-0.15, -0.1) is 0 Å². The number of hydrogen-bond donors (Lipinski definition) is 0. The van der Waals surface area contributed by atoms with Gasteiger partial charge in [-0.1, -0.05) is 6.07 Å². The molecule has 0 spiro atoms. The highest BCUT2D eigenvalue weighted by molar-refractivity contribution is 6.14. The minimum absolute atomic E-state index is 0.0767. The molecule has 0 saturated heterocycles. The maximum atomic E-state index is 13.8. The van der Waals surface area contributed by atoms with Crippen molar-refractivity contribution in [3.63, 3.8) is 0 Å². The molecule has 0 saturated carbocycles. The molecule has 4 rings (SSSR count). The molecule has 6 nitrogen and oxygen atoms in total. The zero-order valence-electron chi connectivity index (χ0n) is 18.1. The molecule has 0 aliphatic carbocycles. The number of rotatable bonds is 7. The fourth-order valence-electron chi connectivity index (χ4n) is 3.46. The summed E-state index contributed by atoms with van der Waals surface area (Å²) in [5.74, 6) is 0.175. The quantitative estimate of drug-likeness (QED) is 0.458. The van der Waals surface area contributed by atoms with E-state index in [-0.39, 0.29) is 29.5 Å². The summed E-state index contributed by atoms with van der Waals surface area (Å²) in [6.07, 6.45) is 1.54. The summed E-state index contributed by atoms with van der Waals surface area (Å²) in [4.78, 5) is 12.8. The first-order valence-corrected chi connectivity index (χ1v) is 9.89. The molecule has 1 aliphatic rings. The molecular formula is C25H20F2O6. The van der Waals surface area contributed by atoms with Crippen LogP contribution in [0, 0.1) is 11.6 Å². The van der Waals surface area contributed by atoms with Crippen LogP contribution in [0.15, 0.2) is 54.3 Å². The van der Waals surface area contributed by atoms with E-state index in [1.165, 1.54) is 39.5 Å². The van der Waals surface area contributed by atoms with Crippen molar-refractivity contribution in [1.82, 2.24) is 0 Å². The smallest absolute Gasteiger partial charge is 0.231 e. The van der Waals surface area contributed by atoms with Crippen LogP contribution in [-0.2, 0) is 6.61 Å². The minimum atomic E-state index is -0.698. The second kappa shape index (κ2) is 9.20. The lowest BCUT2D eigenvalue weighted by atomic mass is 10.1. The van der Waals surface area contributed by atoms with Crippen molar-refractivity contribution in [2.45, 2.75) is 6.61 Å². The number of benzene rings is 3. The SMILES string of the molecule is COc1ccc(/C=C2\Oc3cc(OCc4c(F)cccc4F)ccc3C2=O)c(OC)c1OC. The highest BCUT2D eigenvalue weighted by Crippen LogP contribution is 2.42. The zero-order valence-corrected chi connectivity index (χ0v) is 18.1. The van der Waals surface area contributed by atoms with E-state index in [1.54, 1.807) is 24.3 Å². The van der Waals surface area contributed by atoms with Crippen LogP contribution < -0.4 is 23.7 Å². The highest BCUT2D eigenvalue weighted by Gasteiger charge is 2.29. The number of ether oxygens (including phenoxy) is 5. The molecule has 0 N–H and O–H groups in total. The average Bonchev–Trinajstić information content (AvgIpc) is 3.12. The lowest BCUT2D eigenvalue weighted by Gasteiger charge is -2.14. The minimum Gasteiger partial charge on any atom is -0.493 e. The summed E-state index contributed by atoms with van der Waals surface area (Å²) in [5, 5.41) is 0. The molecule has 33 heavy (non-hydrogen) atoms. The second-order valence-electron chi connectivity index (χ2n) is 7.01. The summed E-state index contributed by atoms with van der Waals surface area (Å²) in [6.45, 7) is -0.309. The molecule has 1 heterocycles. The van der Waals surface area contributed by atoms with E-state index < -0.39 is 11.6 Å². The number of methoxy groups -OCH3 is 3. The van der Waals surface area contributed by atoms with E-state index in [0.29, 0.717) is 34.1 Å². The standard InChI is InChI=1S/C25H20F2O6/c1-29-20-10-7-14(24(30-2)25(20)31-3)11-22-23(28)16-9-8-15(12-21(16)33-22)32-13-17-18(26)5-4-6-19(17)27/h4-12H,13H2,1-3H3/b22-11-. The number of Topliss-reactive ketones (excluding diaryl/α,β-unsaturated/α-hetero) is 1. The van der Waals surface area contributed by atoms with Crippen LogP contribution in [0.5, 0.6) is 28.7 Å². The molecule has 0 unspecified atom stereocenters. The Morgan fingerprint density at radius 1 is 0.909 bits per heavy atom. The number of halogens is 2. The number of carbonyl (C=O) groups is 1. The van der Waals surface area contributed by atoms with Gasteiger partial charge >= 0.3 is 0 Å². The maximum absolute atomic E-state index is 13.8. The molecule has 0 bridgehead atoms. The first-order chi connectivity index (χ1) is 16.0. The third-order valence-corrected chi connectivity index (χ3v) is 5.11. The number of allylic oxidation sites excluding steroid dienone is 1. The third kappa shape index (κ3) is 4.19. The average molecular weight is 454 g/mol. The van der Waals surface area contributed by atoms with Crippen LogP contribution in [0.2, 0.25) is 0 Å². The van der Waals surface area contributed by atoms with Crippen molar-refractivity contribution in [3.05, 3.63) is 82.6 Å². The van der Waals surface area contributed by atoms with Gasteiger partial charge in [-0.2, -0.15) is 0 Å². The van der Waals surface area contributed by atoms with E-state index >= 15 is 0 Å². The molecule has 0 radical (unpaired) electrons. The van der Waals surface area contributed by atoms with Crippen molar-refractivity contribution >= 4 is 11.9 Å². The van der Waals surface area contributed by atoms with Gasteiger partial charge in [0.15, 0.2) is 17.3 Å². The molecule has 1 aliphatic heterocycles. The van der Waals surface area contributed by atoms with Crippen molar-refractivity contribution in [2.75, 3.05) is 21.3 Å². The molecule has 3 aromatic rings. The number of carbonyl (C=O) groups excluding carboxylic acids is 1. The van der Waals surface area contributed by atoms with E-state index in [0.717, 1.165) is 12.1 Å². The second-order valence-corrected chi connectivity index (χ2v) is 7.01. The first kappa shape index (κ1) is 22.1. The summed E-state index contributed by atoms with van der Waals surface area (Å²) in [7, 11) is 4.47. The van der Waals surface area contributed by atoms with Gasteiger partial charge < -0.3 is 23.7 Å². The summed E-state index contributed by atoms with van der Waals surface area (Å²) in [6, 6.07) is 11.6. The Bertz CT molecular complexity index is 1230. The molecule has 170 valence electrons. The largest absolute Gasteiger partial charge is 0.493 e. The van der Waals surface area contributed by atoms with Gasteiger partial charge in [0.2, 0.25) is 11.5 Å². The molecule has 8 heteroatoms. The molecule has 0 atom stereocenters. The van der Waals surface area contributed by atoms with Crippen molar-refractivity contribution in [1.29, 1.82) is 0 Å². The van der Waals surface area contributed by atoms with Crippen LogP contribution in [0.4, 0.5) is 8.78 Å². The normalized spacial score (nSPS) is 13.5. The van der Waals surface area contributed by atoms with E-state index in [4.69, 9.17) is 23.7 Å². The molecule has 3 aromatic carbocycles. The maximum Gasteiger partial charge on any atom is 0.231 e. The Labute approximate surface area is 188 Å². The highest BCUT2D eigenvalue weighted by atomic mass is 19.1. The number of fused-ring (bicyclic) bond motifs is 1. The lowest BCUT2D eigenvalue weighted by molar-refractivity contribution is 0.101. The van der Waals surface area contributed by atoms with Crippen LogP contribution in [-0.4, -0.2) is 27.1 Å². The number of hydrogen-bond acceptors (Lipinski definition) is 6. The Morgan fingerprint density at radius 2 is 1.64 bits per heavy atom. The monoisotopic (exact) mass is 454 g/mol. The summed E-state index contributed by atoms with van der Waals surface area (Å²) in [5.41, 5.74) is 0.707. The molecule has 0 amide bonds. The van der Waals surface area contributed by atoms with Crippen LogP contribution in [0.25, 0.3) is 6.08 Å². The third-order valence-electron chi connectivity index (χ3n) is 5.11. The van der Waals surface area contributed by atoms with Gasteiger partial charge in [0, 0.05) is 11.6 Å². The van der Waals surface area contributed by atoms with Gasteiger partial charge in [0.05, 0.1) is 32.5 Å². The van der Waals surface area contributed by atoms with E-state index in [9.17, 15) is 13.6 Å². The summed E-state index contributed by atoms with van der Waals surface area (Å²) >= 11 is 0. The van der Waals surface area contributed by atoms with Gasteiger partial charge in [0.1, 0.15) is 29.7 Å². The van der Waals surface area contributed by atoms with E-state index in [1.807, 2.05) is 0 Å². The van der Waals surface area contributed by atoms with Crippen LogP contribution in [0.3, 0.4) is 0 Å². The Hall–Kier alpha value is -4.07. The van der Waals surface area contributed by atoms with Gasteiger partial charge in [0.25, 0.3) is 0 Å². The predicted octanol–water partition coefficient (Wildman–Crippen LogP) is 5.19. The predicted molar refractivity (Wildman–Crippen MR) is 116 cm³/mol. The van der Waals surface area contributed by atoms with Crippen molar-refractivity contribution in [2.24, 2.45) is 0 Å². The van der Waals surface area contributed by atoms with Gasteiger partial charge in [-0.25, -0.2) is 8.78 Å². The van der Waals surface area contributed by atoms with Gasteiger partial charge in [-0.05, 0) is 42.5 Å². The van der Waals surface area contributed by atoms with Crippen LogP contribution in [0.1, 0.15) is 21.5 Å². The topological polar surface area (TPSA) is 63.2 Å².